The van der Waals surface area contributed by atoms with Crippen LogP contribution in [-0.2, 0) is 13.7 Å². The second-order valence-corrected chi connectivity index (χ2v) is 47.3. The van der Waals surface area contributed by atoms with E-state index in [1.165, 1.54) is 66.5 Å². The minimum absolute atomic E-state index is 0.495. The van der Waals surface area contributed by atoms with Gasteiger partial charge < -0.3 is 41.9 Å². The lowest BCUT2D eigenvalue weighted by Gasteiger charge is -2.37. The zero-order valence-corrected chi connectivity index (χ0v) is 83.3. The topological polar surface area (TPSA) is 116 Å². The molecule has 16 heteroatoms. The average molecular weight is 1890 g/mol. The van der Waals surface area contributed by atoms with Crippen LogP contribution < -0.4 is 106 Å². The molecule has 0 saturated heterocycles. The maximum atomic E-state index is 14.4. The molecule has 0 bridgehead atoms. The minimum Gasteiger partial charge on any atom is -0.464 e. The number of hydrogen-bond acceptors (Lipinski definition) is 10. The van der Waals surface area contributed by atoms with E-state index in [0.717, 1.165) is 116 Å². The maximum absolute atomic E-state index is 14.4. The predicted octanol–water partition coefficient (Wildman–Crippen LogP) is 28.0. The minimum atomic E-state index is -3.31. The van der Waals surface area contributed by atoms with Gasteiger partial charge in [-0.15, -0.1) is 0 Å². The highest BCUT2D eigenvalue weighted by molar-refractivity contribution is 7.86. The van der Waals surface area contributed by atoms with E-state index in [4.69, 9.17) is 32.7 Å². The number of ether oxygens (including phenoxy) is 5. The van der Waals surface area contributed by atoms with Crippen molar-refractivity contribution in [3.8, 4) is 69.0 Å². The van der Waals surface area contributed by atoms with Crippen molar-refractivity contribution in [2.24, 2.45) is 0 Å². The molecular formula is C121H105NO10P5+. The first-order chi connectivity index (χ1) is 66.3. The Morgan fingerprint density at radius 2 is 0.460 bits per heavy atom. The summed E-state index contributed by atoms with van der Waals surface area (Å²) in [5.74, 6) is 9.18. The molecule has 0 aromatic heterocycles. The standard InChI is InChI=1S/C38H31NOP.C21H19O3P.2C21H19O2P.C20H17O2P/c1-28-18-24-35-37(26-28)41(38-27-29(2)19-25-36(38)40-35)34-22-20-33(21-23-34)39(30-12-6-3-7-13-30,31-14-8-4-9-15-31)32-16-10-5-11-17-32;1-14-4-8-17(9-5-14)24-25(22)20-12-15(2)6-10-18(20)23-19-11-7-16(3)13-21(19)25;1-14-4-8-17(9-5-14)24(22)20-12-15(2)6-10-18(20)23-19-11-7-16(3)13-21(19)24;1-14-4-8-17(9-5-14)23-24-20-12-15(2)6-10-18(20)22-19-11-7-16(3)13-21(19)24;1-14-8-10-17-19(12-14)23(21,16-6-4-3-5-7-16)20-13-15(2)9-11-18(20)22-17/h3-27H,1-2H3;4-13H,1-3H3;2*4-13H,1-3H3;3-13H,1-2H3/q+1;;;;. The fourth-order valence-corrected chi connectivity index (χ4v) is 31.2. The Bertz CT molecular complexity index is 7380. The lowest BCUT2D eigenvalue weighted by atomic mass is 10.1. The highest BCUT2D eigenvalue weighted by Crippen LogP contribution is 2.58. The first-order valence-corrected chi connectivity index (χ1v) is 53.6. The van der Waals surface area contributed by atoms with E-state index < -0.39 is 37.7 Å². The Hall–Kier alpha value is -13.9. The number of hydrogen-bond donors (Lipinski definition) is 0. The molecule has 0 atom stereocenters. The molecule has 0 aliphatic carbocycles. The summed E-state index contributed by atoms with van der Waals surface area (Å²) in [6.07, 6.45) is 0. The third kappa shape index (κ3) is 18.4. The van der Waals surface area contributed by atoms with E-state index >= 15 is 0 Å². The third-order valence-corrected chi connectivity index (χ3v) is 38.1. The molecule has 0 radical (unpaired) electrons. The number of nitrogens with zero attached hydrogens (tertiary/aromatic N) is 1. The summed E-state index contributed by atoms with van der Waals surface area (Å²) in [7, 11) is -10.9. The van der Waals surface area contributed by atoms with Crippen LogP contribution in [-0.4, -0.2) is 0 Å². The number of fused-ring (bicyclic) bond motifs is 10. The van der Waals surface area contributed by atoms with E-state index in [9.17, 15) is 13.7 Å². The number of rotatable bonds is 11. The monoisotopic (exact) mass is 1890 g/mol. The van der Waals surface area contributed by atoms with E-state index in [1.54, 1.807) is 0 Å². The number of quaternary nitrogens is 1. The van der Waals surface area contributed by atoms with Gasteiger partial charge in [-0.25, -0.2) is 0 Å². The molecule has 0 fully saturated rings. The van der Waals surface area contributed by atoms with Crippen molar-refractivity contribution in [3.05, 3.63) is 473 Å². The molecule has 5 aliphatic rings. The molecule has 23 rings (SSSR count). The van der Waals surface area contributed by atoms with Crippen molar-refractivity contribution in [2.75, 3.05) is 0 Å². The van der Waals surface area contributed by atoms with Gasteiger partial charge in [0.25, 0.3) is 0 Å². The van der Waals surface area contributed by atoms with Crippen LogP contribution in [0.5, 0.6) is 69.0 Å². The Labute approximate surface area is 806 Å². The van der Waals surface area contributed by atoms with Gasteiger partial charge in [-0.3, -0.25) is 4.57 Å². The zero-order chi connectivity index (χ0) is 95.0. The summed E-state index contributed by atoms with van der Waals surface area (Å²) in [6, 6.07) is 136. The largest absolute Gasteiger partial charge is 0.464 e. The quantitative estimate of drug-likeness (QED) is 0.0915. The molecule has 0 N–H and O–H groups in total. The van der Waals surface area contributed by atoms with Crippen molar-refractivity contribution in [1.29, 1.82) is 0 Å². The fourth-order valence-electron chi connectivity index (χ4n) is 18.0. The number of para-hydroxylation sites is 3. The molecule has 11 nitrogen and oxygen atoms in total. The van der Waals surface area contributed by atoms with E-state index in [1.807, 2.05) is 268 Å². The van der Waals surface area contributed by atoms with Gasteiger partial charge in [0.2, 0.25) is 0 Å². The first kappa shape index (κ1) is 92.2. The van der Waals surface area contributed by atoms with Gasteiger partial charge in [-0.05, 0) is 272 Å². The Balaban J connectivity index is 0.000000112. The molecular weight excluding hydrogens is 1780 g/mol. The lowest BCUT2D eigenvalue weighted by molar-refractivity contribution is 0.466. The molecule has 0 spiro atoms. The van der Waals surface area contributed by atoms with E-state index in [2.05, 4.69) is 223 Å². The number of benzene rings is 18. The Kier molecular flexibility index (Phi) is 26.0. The molecule has 18 aromatic rings. The lowest BCUT2D eigenvalue weighted by Crippen LogP contribution is -2.33. The second kappa shape index (κ2) is 38.7. The summed E-state index contributed by atoms with van der Waals surface area (Å²) < 4.78 is 86.5. The van der Waals surface area contributed by atoms with Gasteiger partial charge in [0.1, 0.15) is 91.7 Å². The van der Waals surface area contributed by atoms with Crippen LogP contribution in [0.25, 0.3) is 0 Å². The van der Waals surface area contributed by atoms with Crippen LogP contribution >= 0.6 is 37.7 Å². The second-order valence-electron chi connectivity index (χ2n) is 35.8. The normalized spacial score (nSPS) is 13.6. The summed E-state index contributed by atoms with van der Waals surface area (Å²) in [4.78, 5) is 0. The smallest absolute Gasteiger partial charge is 0.314 e. The van der Waals surface area contributed by atoms with Crippen molar-refractivity contribution in [1.82, 2.24) is 4.48 Å². The highest BCUT2D eigenvalue weighted by atomic mass is 31.2. The van der Waals surface area contributed by atoms with Gasteiger partial charge >= 0.3 is 7.37 Å². The summed E-state index contributed by atoms with van der Waals surface area (Å²) in [5, 5.41) is 12.3. The van der Waals surface area contributed by atoms with Crippen LogP contribution in [0.2, 0.25) is 0 Å². The van der Waals surface area contributed by atoms with E-state index in [-0.39, 0.29) is 0 Å². The van der Waals surface area contributed by atoms with Crippen LogP contribution in [0.4, 0.5) is 22.7 Å². The number of aryl methyl sites for hydroxylation is 13. The van der Waals surface area contributed by atoms with Crippen LogP contribution in [0, 0.1) is 90.0 Å². The molecule has 5 aliphatic heterocycles. The van der Waals surface area contributed by atoms with Crippen LogP contribution in [0.15, 0.2) is 400 Å². The van der Waals surface area contributed by atoms with Crippen molar-refractivity contribution >= 4 is 129 Å². The van der Waals surface area contributed by atoms with Gasteiger partial charge in [0, 0.05) is 69.7 Å². The van der Waals surface area contributed by atoms with Crippen molar-refractivity contribution < 1.29 is 46.4 Å². The first-order valence-electron chi connectivity index (χ1n) is 46.0. The van der Waals surface area contributed by atoms with Gasteiger partial charge in [-0.1, -0.05) is 255 Å². The predicted molar refractivity (Wildman–Crippen MR) is 572 cm³/mol. The van der Waals surface area contributed by atoms with Gasteiger partial charge in [0.05, 0.1) is 42.4 Å². The van der Waals surface area contributed by atoms with Crippen molar-refractivity contribution in [3.63, 3.8) is 0 Å². The summed E-state index contributed by atoms with van der Waals surface area (Å²) >= 11 is 0. The fraction of sp³-hybridized carbons (Fsp3) is 0.107. The van der Waals surface area contributed by atoms with E-state index in [0.29, 0.717) is 55.3 Å². The highest BCUT2D eigenvalue weighted by Gasteiger charge is 2.45. The van der Waals surface area contributed by atoms with Gasteiger partial charge in [0.15, 0.2) is 22.4 Å². The molecule has 0 amide bonds. The van der Waals surface area contributed by atoms with Crippen LogP contribution in [0.1, 0.15) is 72.3 Å². The molecule has 137 heavy (non-hydrogen) atoms. The molecule has 18 aromatic carbocycles. The van der Waals surface area contributed by atoms with Gasteiger partial charge in [-0.2, -0.15) is 4.48 Å². The molecule has 678 valence electrons. The SMILES string of the molecule is Cc1ccc(OP2(=O)c3cc(C)ccc3Oc3ccc(C)cc32)cc1.Cc1ccc(OP2c3cc(C)ccc3Oc3ccc(C)cc32)cc1.Cc1ccc(P2(=O)c3cc(C)ccc3Oc3ccc(C)cc32)cc1.Cc1ccc2c(c1)P(=O)(c1ccccc1)c1cc(C)ccc1O2.Cc1ccc2c(c1)P(c1ccc([N+](c3ccccc3)(c3ccccc3)c3ccccc3)cc1)c1cc(C)ccc1O2. The Morgan fingerprint density at radius 1 is 0.219 bits per heavy atom. The maximum Gasteiger partial charge on any atom is 0.314 e. The van der Waals surface area contributed by atoms with Crippen LogP contribution in [0.3, 0.4) is 0 Å². The molecule has 5 heterocycles. The molecule has 0 saturated carbocycles. The molecule has 0 unspecified atom stereocenters. The zero-order valence-electron chi connectivity index (χ0n) is 78.9. The third-order valence-electron chi connectivity index (χ3n) is 25.1. The Morgan fingerprint density at radius 3 is 0.796 bits per heavy atom. The summed E-state index contributed by atoms with van der Waals surface area (Å²) in [6.45, 7) is 26.7. The van der Waals surface area contributed by atoms with Crippen molar-refractivity contribution in [2.45, 2.75) is 90.0 Å². The average Bonchev–Trinajstić information content (AvgIpc) is 0.723. The summed E-state index contributed by atoms with van der Waals surface area (Å²) in [5.41, 5.74) is 19.6.